The molecule has 0 amide bonds. The normalized spacial score (nSPS) is 20.3. The maximum atomic E-state index is 15.0. The third-order valence-electron chi connectivity index (χ3n) is 5.75. The van der Waals surface area contributed by atoms with Gasteiger partial charge in [0, 0.05) is 12.6 Å². The van der Waals surface area contributed by atoms with Crippen molar-refractivity contribution >= 4 is 11.5 Å². The maximum absolute atomic E-state index is 15.0. The lowest BCUT2D eigenvalue weighted by molar-refractivity contribution is -0.261. The molecule has 2 unspecified atom stereocenters. The number of alkyl halides is 4. The SMILES string of the molecule is COc1cc2ncc(-c3nc(NC4CNCCC4F)c(C#N)cc3F)n2nc1[C@@](C)(O)C(F)(F)F. The highest BCUT2D eigenvalue weighted by Gasteiger charge is 2.54. The van der Waals surface area contributed by atoms with Gasteiger partial charge in [-0.1, -0.05) is 0 Å². The van der Waals surface area contributed by atoms with Crippen LogP contribution in [0.1, 0.15) is 24.6 Å². The van der Waals surface area contributed by atoms with Crippen LogP contribution < -0.4 is 15.4 Å². The third kappa shape index (κ3) is 4.32. The predicted octanol–water partition coefficient (Wildman–Crippen LogP) is 2.69. The number of nitriles is 1. The van der Waals surface area contributed by atoms with E-state index in [1.165, 1.54) is 0 Å². The van der Waals surface area contributed by atoms with Gasteiger partial charge < -0.3 is 20.5 Å². The summed E-state index contributed by atoms with van der Waals surface area (Å²) < 4.78 is 75.7. The van der Waals surface area contributed by atoms with Crippen molar-refractivity contribution in [2.24, 2.45) is 0 Å². The Morgan fingerprint density at radius 3 is 2.71 bits per heavy atom. The van der Waals surface area contributed by atoms with Gasteiger partial charge in [0.1, 0.15) is 40.9 Å². The molecular formula is C21H20F5N7O2. The molecule has 3 atom stereocenters. The van der Waals surface area contributed by atoms with Crippen LogP contribution in [0.15, 0.2) is 18.3 Å². The fraction of sp³-hybridized carbons (Fsp3) is 0.429. The quantitative estimate of drug-likeness (QED) is 0.461. The van der Waals surface area contributed by atoms with Gasteiger partial charge in [-0.15, -0.1) is 0 Å². The second kappa shape index (κ2) is 8.90. The van der Waals surface area contributed by atoms with E-state index >= 15 is 0 Å². The van der Waals surface area contributed by atoms with Crippen LogP contribution in [0.4, 0.5) is 27.8 Å². The van der Waals surface area contributed by atoms with Crippen molar-refractivity contribution in [2.75, 3.05) is 25.5 Å². The Labute approximate surface area is 195 Å². The average molecular weight is 497 g/mol. The van der Waals surface area contributed by atoms with Crippen LogP contribution in [0.2, 0.25) is 0 Å². The van der Waals surface area contributed by atoms with Gasteiger partial charge in [0.2, 0.25) is 5.60 Å². The summed E-state index contributed by atoms with van der Waals surface area (Å²) in [5.41, 5.74) is -5.03. The lowest BCUT2D eigenvalue weighted by Crippen LogP contribution is -2.46. The van der Waals surface area contributed by atoms with Crippen LogP contribution in [-0.2, 0) is 5.60 Å². The van der Waals surface area contributed by atoms with Gasteiger partial charge in [-0.05, 0) is 26.0 Å². The Morgan fingerprint density at radius 2 is 2.09 bits per heavy atom. The molecular weight excluding hydrogens is 477 g/mol. The summed E-state index contributed by atoms with van der Waals surface area (Å²) in [6.45, 7) is 1.23. The summed E-state index contributed by atoms with van der Waals surface area (Å²) in [6, 6.07) is 3.04. The summed E-state index contributed by atoms with van der Waals surface area (Å²) in [5, 5.41) is 29.3. The molecule has 0 bridgehead atoms. The lowest BCUT2D eigenvalue weighted by atomic mass is 10.0. The number of hydrogen-bond acceptors (Lipinski definition) is 8. The number of aromatic nitrogens is 4. The highest BCUT2D eigenvalue weighted by molar-refractivity contribution is 5.66. The average Bonchev–Trinajstić information content (AvgIpc) is 3.22. The monoisotopic (exact) mass is 497 g/mol. The number of ether oxygens (including phenoxy) is 1. The Kier molecular flexibility index (Phi) is 6.24. The minimum Gasteiger partial charge on any atom is -0.495 e. The minimum atomic E-state index is -5.10. The molecule has 3 aromatic rings. The zero-order valence-corrected chi connectivity index (χ0v) is 18.5. The van der Waals surface area contributed by atoms with Crippen LogP contribution in [0.5, 0.6) is 5.75 Å². The van der Waals surface area contributed by atoms with E-state index in [9.17, 15) is 32.3 Å². The van der Waals surface area contributed by atoms with E-state index < -0.39 is 41.2 Å². The Balaban J connectivity index is 1.86. The van der Waals surface area contributed by atoms with Crippen LogP contribution >= 0.6 is 0 Å². The molecule has 9 nitrogen and oxygen atoms in total. The second-order valence-corrected chi connectivity index (χ2v) is 8.13. The van der Waals surface area contributed by atoms with Crippen molar-refractivity contribution in [3.63, 3.8) is 0 Å². The molecule has 3 aromatic heterocycles. The molecule has 14 heteroatoms. The van der Waals surface area contributed by atoms with E-state index in [2.05, 4.69) is 25.7 Å². The van der Waals surface area contributed by atoms with Crippen LogP contribution in [0, 0.1) is 17.1 Å². The number of aliphatic hydroxyl groups is 1. The molecule has 1 aliphatic heterocycles. The largest absolute Gasteiger partial charge is 0.495 e. The molecule has 0 radical (unpaired) electrons. The van der Waals surface area contributed by atoms with Crippen molar-refractivity contribution in [1.82, 2.24) is 24.9 Å². The van der Waals surface area contributed by atoms with Gasteiger partial charge in [0.05, 0.1) is 24.9 Å². The highest BCUT2D eigenvalue weighted by atomic mass is 19.4. The fourth-order valence-corrected chi connectivity index (χ4v) is 3.69. The predicted molar refractivity (Wildman–Crippen MR) is 113 cm³/mol. The number of hydrogen-bond donors (Lipinski definition) is 3. The smallest absolute Gasteiger partial charge is 0.422 e. The van der Waals surface area contributed by atoms with Gasteiger partial charge in [-0.2, -0.15) is 23.5 Å². The molecule has 3 N–H and O–H groups in total. The first-order valence-corrected chi connectivity index (χ1v) is 10.4. The molecule has 1 aliphatic rings. The number of fused-ring (bicyclic) bond motifs is 1. The number of piperidine rings is 1. The van der Waals surface area contributed by atoms with Crippen LogP contribution in [0.25, 0.3) is 17.0 Å². The molecule has 186 valence electrons. The van der Waals surface area contributed by atoms with Crippen LogP contribution in [-0.4, -0.2) is 63.3 Å². The standard InChI is InChI=1S/C21H20F5N7O2/c1-20(34,21(24,25)26)18-15(35-2)6-16-29-9-14(33(16)32-18)17-12(23)5-10(7-27)19(31-17)30-13-8-28-4-3-11(13)22/h5-6,9,11,13,28,34H,3-4,8H2,1-2H3,(H,30,31)/t11?,13?,20-/m1/s1. The molecule has 4 heterocycles. The topological polar surface area (TPSA) is 120 Å². The number of anilines is 1. The van der Waals surface area contributed by atoms with Crippen molar-refractivity contribution < 1.29 is 31.8 Å². The summed E-state index contributed by atoms with van der Waals surface area (Å²) in [6.07, 6.45) is -4.99. The molecule has 0 saturated carbocycles. The Hall–Kier alpha value is -3.57. The molecule has 1 fully saturated rings. The fourth-order valence-electron chi connectivity index (χ4n) is 3.69. The van der Waals surface area contributed by atoms with E-state index in [1.807, 2.05) is 0 Å². The number of pyridine rings is 1. The Morgan fingerprint density at radius 1 is 1.34 bits per heavy atom. The van der Waals surface area contributed by atoms with E-state index in [0.717, 1.165) is 30.0 Å². The van der Waals surface area contributed by atoms with Crippen molar-refractivity contribution in [3.05, 3.63) is 35.4 Å². The summed E-state index contributed by atoms with van der Waals surface area (Å²) in [7, 11) is 1.10. The Bertz CT molecular complexity index is 1300. The van der Waals surface area contributed by atoms with E-state index in [-0.39, 0.29) is 41.4 Å². The van der Waals surface area contributed by atoms with Crippen molar-refractivity contribution in [1.29, 1.82) is 5.26 Å². The van der Waals surface area contributed by atoms with Gasteiger partial charge in [-0.3, -0.25) is 0 Å². The first kappa shape index (κ1) is 24.6. The van der Waals surface area contributed by atoms with Gasteiger partial charge in [0.25, 0.3) is 0 Å². The van der Waals surface area contributed by atoms with Gasteiger partial charge in [0.15, 0.2) is 11.5 Å². The number of rotatable bonds is 5. The van der Waals surface area contributed by atoms with E-state index in [0.29, 0.717) is 13.5 Å². The molecule has 0 aromatic carbocycles. The summed E-state index contributed by atoms with van der Waals surface area (Å²) in [4.78, 5) is 8.15. The highest BCUT2D eigenvalue weighted by Crippen LogP contribution is 2.41. The number of nitrogens with one attached hydrogen (secondary N) is 2. The molecule has 35 heavy (non-hydrogen) atoms. The number of imidazole rings is 1. The molecule has 1 saturated heterocycles. The summed E-state index contributed by atoms with van der Waals surface area (Å²) in [5.74, 6) is -1.47. The number of halogens is 5. The van der Waals surface area contributed by atoms with Crippen LogP contribution in [0.3, 0.4) is 0 Å². The van der Waals surface area contributed by atoms with Gasteiger partial charge >= 0.3 is 6.18 Å². The van der Waals surface area contributed by atoms with Crippen molar-refractivity contribution in [3.8, 4) is 23.2 Å². The summed E-state index contributed by atoms with van der Waals surface area (Å²) >= 11 is 0. The lowest BCUT2D eigenvalue weighted by Gasteiger charge is -2.28. The van der Waals surface area contributed by atoms with E-state index in [4.69, 9.17) is 4.74 Å². The zero-order valence-electron chi connectivity index (χ0n) is 18.5. The zero-order chi connectivity index (χ0) is 25.5. The maximum Gasteiger partial charge on any atom is 0.422 e. The third-order valence-corrected chi connectivity index (χ3v) is 5.75. The number of nitrogens with zero attached hydrogens (tertiary/aromatic N) is 5. The molecule has 0 spiro atoms. The first-order valence-electron chi connectivity index (χ1n) is 10.4. The molecule has 4 rings (SSSR count). The second-order valence-electron chi connectivity index (χ2n) is 8.13. The molecule has 0 aliphatic carbocycles. The minimum absolute atomic E-state index is 0.0149. The van der Waals surface area contributed by atoms with Crippen molar-refractivity contribution in [2.45, 2.75) is 37.3 Å². The van der Waals surface area contributed by atoms with Gasteiger partial charge in [-0.25, -0.2) is 23.3 Å². The first-order chi connectivity index (χ1) is 16.5. The van der Waals surface area contributed by atoms with E-state index in [1.54, 1.807) is 6.07 Å². The number of methoxy groups -OCH3 is 1.